The number of hydrogen-bond acceptors (Lipinski definition) is 2. The van der Waals surface area contributed by atoms with Gasteiger partial charge in [-0.1, -0.05) is 13.5 Å². The van der Waals surface area contributed by atoms with Crippen molar-refractivity contribution in [1.29, 1.82) is 0 Å². The third kappa shape index (κ3) is 1.96. The molecule has 0 amide bonds. The van der Waals surface area contributed by atoms with Crippen molar-refractivity contribution in [3.8, 4) is 0 Å². The molecule has 0 bridgehead atoms. The average Bonchev–Trinajstić information content (AvgIpc) is 2.05. The van der Waals surface area contributed by atoms with Crippen LogP contribution in [-0.4, -0.2) is 29.7 Å². The minimum absolute atomic E-state index is 0.104. The van der Waals surface area contributed by atoms with Gasteiger partial charge in [-0.05, 0) is 19.0 Å². The molecule has 1 heterocycles. The van der Waals surface area contributed by atoms with E-state index in [1.807, 2.05) is 6.20 Å². The van der Waals surface area contributed by atoms with Gasteiger partial charge in [0.2, 0.25) is 0 Å². The van der Waals surface area contributed by atoms with Crippen LogP contribution in [0.15, 0.2) is 12.8 Å². The number of likely N-dealkylation sites (tertiary alicyclic amines) is 1. The van der Waals surface area contributed by atoms with Gasteiger partial charge in [-0.15, -0.1) is 0 Å². The molecule has 2 nitrogen and oxygen atoms in total. The summed E-state index contributed by atoms with van der Waals surface area (Å²) in [6.07, 6.45) is 4.17. The van der Waals surface area contributed by atoms with Crippen molar-refractivity contribution in [2.24, 2.45) is 5.41 Å². The molecule has 0 spiro atoms. The van der Waals surface area contributed by atoms with E-state index in [-0.39, 0.29) is 12.0 Å². The highest BCUT2D eigenvalue weighted by atomic mass is 16.3. The molecule has 1 aliphatic rings. The minimum Gasteiger partial charge on any atom is -0.396 e. The van der Waals surface area contributed by atoms with E-state index < -0.39 is 0 Å². The Morgan fingerprint density at radius 1 is 1.73 bits per heavy atom. The van der Waals surface area contributed by atoms with Crippen LogP contribution < -0.4 is 0 Å². The molecule has 2 heteroatoms. The van der Waals surface area contributed by atoms with Crippen molar-refractivity contribution in [2.45, 2.75) is 19.8 Å². The van der Waals surface area contributed by atoms with E-state index in [1.54, 1.807) is 0 Å². The van der Waals surface area contributed by atoms with E-state index >= 15 is 0 Å². The van der Waals surface area contributed by atoms with E-state index in [2.05, 4.69) is 18.4 Å². The van der Waals surface area contributed by atoms with E-state index in [1.165, 1.54) is 6.42 Å². The van der Waals surface area contributed by atoms with Crippen LogP contribution in [0.4, 0.5) is 0 Å². The predicted octanol–water partition coefficient (Wildman–Crippen LogP) is 1.22. The molecule has 1 N–H and O–H groups in total. The van der Waals surface area contributed by atoms with Crippen LogP contribution in [0.1, 0.15) is 19.8 Å². The Balaban J connectivity index is 2.51. The molecule has 64 valence electrons. The first-order chi connectivity index (χ1) is 5.20. The normalized spacial score (nSPS) is 32.0. The molecule has 1 unspecified atom stereocenters. The van der Waals surface area contributed by atoms with E-state index in [9.17, 15) is 0 Å². The number of hydrogen-bond donors (Lipinski definition) is 1. The third-order valence-electron chi connectivity index (χ3n) is 2.45. The Morgan fingerprint density at radius 2 is 2.45 bits per heavy atom. The average molecular weight is 155 g/mol. The molecule has 1 aliphatic heterocycles. The van der Waals surface area contributed by atoms with Crippen LogP contribution >= 0.6 is 0 Å². The molecule has 1 rings (SSSR count). The lowest BCUT2D eigenvalue weighted by molar-refractivity contribution is 0.0682. The van der Waals surface area contributed by atoms with Gasteiger partial charge >= 0.3 is 0 Å². The summed E-state index contributed by atoms with van der Waals surface area (Å²) in [5.74, 6) is 0. The summed E-state index contributed by atoms with van der Waals surface area (Å²) in [6.45, 7) is 8.19. The second-order valence-electron chi connectivity index (χ2n) is 3.73. The van der Waals surface area contributed by atoms with Gasteiger partial charge in [0.1, 0.15) is 0 Å². The number of aliphatic hydroxyl groups excluding tert-OH is 1. The predicted molar refractivity (Wildman–Crippen MR) is 46.2 cm³/mol. The fourth-order valence-electron chi connectivity index (χ4n) is 1.64. The highest BCUT2D eigenvalue weighted by Crippen LogP contribution is 2.28. The largest absolute Gasteiger partial charge is 0.396 e. The molecule has 0 aromatic heterocycles. The van der Waals surface area contributed by atoms with Gasteiger partial charge in [0.15, 0.2) is 0 Å². The molecule has 0 aliphatic carbocycles. The number of rotatable bonds is 2. The van der Waals surface area contributed by atoms with Crippen molar-refractivity contribution in [1.82, 2.24) is 4.90 Å². The molecular formula is C9H17NO. The van der Waals surface area contributed by atoms with Crippen LogP contribution in [0.3, 0.4) is 0 Å². The van der Waals surface area contributed by atoms with Gasteiger partial charge in [0.25, 0.3) is 0 Å². The van der Waals surface area contributed by atoms with Crippen molar-refractivity contribution in [2.75, 3.05) is 19.7 Å². The van der Waals surface area contributed by atoms with Gasteiger partial charge in [0.05, 0.1) is 6.61 Å². The zero-order valence-electron chi connectivity index (χ0n) is 7.21. The van der Waals surface area contributed by atoms with Crippen molar-refractivity contribution < 1.29 is 5.11 Å². The first-order valence-corrected chi connectivity index (χ1v) is 4.18. The van der Waals surface area contributed by atoms with Crippen molar-refractivity contribution in [3.05, 3.63) is 12.8 Å². The molecule has 11 heavy (non-hydrogen) atoms. The quantitative estimate of drug-likeness (QED) is 0.648. The van der Waals surface area contributed by atoms with E-state index in [0.29, 0.717) is 0 Å². The Morgan fingerprint density at radius 3 is 3.00 bits per heavy atom. The number of nitrogens with zero attached hydrogens (tertiary/aromatic N) is 1. The fraction of sp³-hybridized carbons (Fsp3) is 0.778. The third-order valence-corrected chi connectivity index (χ3v) is 2.45. The summed E-state index contributed by atoms with van der Waals surface area (Å²) in [5.41, 5.74) is 0.104. The summed E-state index contributed by atoms with van der Waals surface area (Å²) in [4.78, 5) is 2.18. The second-order valence-corrected chi connectivity index (χ2v) is 3.73. The van der Waals surface area contributed by atoms with Gasteiger partial charge in [-0.3, -0.25) is 0 Å². The van der Waals surface area contributed by atoms with Gasteiger partial charge in [0, 0.05) is 18.5 Å². The minimum atomic E-state index is 0.104. The molecule has 0 aromatic carbocycles. The van der Waals surface area contributed by atoms with Crippen LogP contribution in [0, 0.1) is 5.41 Å². The zero-order valence-corrected chi connectivity index (χ0v) is 7.21. The van der Waals surface area contributed by atoms with Crippen LogP contribution in [0.25, 0.3) is 0 Å². The Bertz CT molecular complexity index is 146. The Hall–Kier alpha value is -0.500. The monoisotopic (exact) mass is 155 g/mol. The lowest BCUT2D eigenvalue weighted by Crippen LogP contribution is -2.40. The Kier molecular flexibility index (Phi) is 2.55. The molecule has 1 saturated heterocycles. The standard InChI is InChI=1S/C9H17NO/c1-3-10-6-4-5-9(2,7-10)8-11/h3,11H,1,4-8H2,2H3. The maximum absolute atomic E-state index is 9.10. The highest BCUT2D eigenvalue weighted by molar-refractivity contribution is 4.86. The summed E-state index contributed by atoms with van der Waals surface area (Å²) < 4.78 is 0. The molecule has 0 saturated carbocycles. The van der Waals surface area contributed by atoms with Crippen LogP contribution in [-0.2, 0) is 0 Å². The first kappa shape index (κ1) is 8.60. The lowest BCUT2D eigenvalue weighted by atomic mass is 9.83. The highest BCUT2D eigenvalue weighted by Gasteiger charge is 2.28. The summed E-state index contributed by atoms with van der Waals surface area (Å²) in [6, 6.07) is 0. The SMILES string of the molecule is C=CN1CCCC(C)(CO)C1. The van der Waals surface area contributed by atoms with Crippen molar-refractivity contribution >= 4 is 0 Å². The zero-order chi connectivity index (χ0) is 8.32. The summed E-state index contributed by atoms with van der Waals surface area (Å²) >= 11 is 0. The molecular weight excluding hydrogens is 138 g/mol. The molecule has 1 atom stereocenters. The van der Waals surface area contributed by atoms with Gasteiger partial charge < -0.3 is 10.0 Å². The fourth-order valence-corrected chi connectivity index (χ4v) is 1.64. The summed E-state index contributed by atoms with van der Waals surface area (Å²) in [7, 11) is 0. The van der Waals surface area contributed by atoms with Crippen LogP contribution in [0.2, 0.25) is 0 Å². The molecule has 1 fully saturated rings. The van der Waals surface area contributed by atoms with E-state index in [4.69, 9.17) is 5.11 Å². The van der Waals surface area contributed by atoms with Crippen LogP contribution in [0.5, 0.6) is 0 Å². The van der Waals surface area contributed by atoms with Crippen molar-refractivity contribution in [3.63, 3.8) is 0 Å². The van der Waals surface area contributed by atoms with Gasteiger partial charge in [-0.25, -0.2) is 0 Å². The Labute approximate surface area is 68.5 Å². The maximum Gasteiger partial charge on any atom is 0.0501 e. The second kappa shape index (κ2) is 3.26. The molecule has 0 radical (unpaired) electrons. The van der Waals surface area contributed by atoms with E-state index in [0.717, 1.165) is 19.5 Å². The smallest absolute Gasteiger partial charge is 0.0501 e. The lowest BCUT2D eigenvalue weighted by Gasteiger charge is -2.38. The number of piperidine rings is 1. The number of aliphatic hydroxyl groups is 1. The maximum atomic E-state index is 9.10. The topological polar surface area (TPSA) is 23.5 Å². The van der Waals surface area contributed by atoms with Gasteiger partial charge in [-0.2, -0.15) is 0 Å². The molecule has 0 aromatic rings. The summed E-state index contributed by atoms with van der Waals surface area (Å²) in [5, 5.41) is 9.10. The first-order valence-electron chi connectivity index (χ1n) is 4.18.